The fourth-order valence-corrected chi connectivity index (χ4v) is 3.54. The molecule has 0 fully saturated rings. The van der Waals surface area contributed by atoms with E-state index >= 15 is 0 Å². The summed E-state index contributed by atoms with van der Waals surface area (Å²) >= 11 is 1.73. The van der Waals surface area contributed by atoms with Crippen molar-refractivity contribution >= 4 is 23.3 Å². The van der Waals surface area contributed by atoms with Gasteiger partial charge in [0.2, 0.25) is 5.91 Å². The van der Waals surface area contributed by atoms with Crippen LogP contribution in [0.25, 0.3) is 0 Å². The second-order valence-electron chi connectivity index (χ2n) is 6.11. The zero-order chi connectivity index (χ0) is 18.9. The van der Waals surface area contributed by atoms with E-state index in [9.17, 15) is 9.59 Å². The molecule has 140 valence electrons. The number of methoxy groups -OCH3 is 1. The summed E-state index contributed by atoms with van der Waals surface area (Å²) in [7, 11) is 1.64. The van der Waals surface area contributed by atoms with Crippen LogP contribution in [-0.4, -0.2) is 36.5 Å². The number of rotatable bonds is 9. The van der Waals surface area contributed by atoms with Gasteiger partial charge < -0.3 is 10.5 Å². The lowest BCUT2D eigenvalue weighted by atomic mass is 10.1. The van der Waals surface area contributed by atoms with Gasteiger partial charge in [0.05, 0.1) is 7.11 Å². The first-order valence-electron chi connectivity index (χ1n) is 8.46. The second kappa shape index (κ2) is 9.94. The first-order chi connectivity index (χ1) is 12.5. The fraction of sp³-hybridized carbons (Fsp3) is 0.368. The van der Waals surface area contributed by atoms with Crippen molar-refractivity contribution in [3.05, 3.63) is 52.2 Å². The van der Waals surface area contributed by atoms with Gasteiger partial charge in [-0.25, -0.2) is 4.79 Å². The summed E-state index contributed by atoms with van der Waals surface area (Å²) in [6, 6.07) is 11.5. The molecule has 1 unspecified atom stereocenters. The zero-order valence-corrected chi connectivity index (χ0v) is 15.9. The molecule has 1 aromatic carbocycles. The van der Waals surface area contributed by atoms with E-state index in [4.69, 9.17) is 10.5 Å². The minimum absolute atomic E-state index is 0.216. The van der Waals surface area contributed by atoms with Gasteiger partial charge in [-0.3, -0.25) is 15.0 Å². The maximum absolute atomic E-state index is 11.8. The predicted octanol–water partition coefficient (Wildman–Crippen LogP) is 2.77. The van der Waals surface area contributed by atoms with Gasteiger partial charge in [0.15, 0.2) is 0 Å². The van der Waals surface area contributed by atoms with Gasteiger partial charge >= 0.3 is 6.03 Å². The SMILES string of the molecule is COc1ccc(CN(CCC(=O)NC(N)=O)C(C)Cc2cccs2)cc1. The van der Waals surface area contributed by atoms with E-state index < -0.39 is 6.03 Å². The van der Waals surface area contributed by atoms with Crippen LogP contribution in [0, 0.1) is 0 Å². The number of carbonyl (C=O) groups excluding carboxylic acids is 2. The van der Waals surface area contributed by atoms with Gasteiger partial charge in [0.1, 0.15) is 5.75 Å². The Labute approximate surface area is 157 Å². The Morgan fingerprint density at radius 3 is 2.58 bits per heavy atom. The lowest BCUT2D eigenvalue weighted by molar-refractivity contribution is -0.120. The molecule has 1 heterocycles. The summed E-state index contributed by atoms with van der Waals surface area (Å²) in [5.74, 6) is 0.452. The largest absolute Gasteiger partial charge is 0.497 e. The van der Waals surface area contributed by atoms with Crippen molar-refractivity contribution in [2.24, 2.45) is 5.73 Å². The third-order valence-corrected chi connectivity index (χ3v) is 5.03. The topological polar surface area (TPSA) is 84.7 Å². The van der Waals surface area contributed by atoms with Crippen LogP contribution in [0.4, 0.5) is 4.79 Å². The Balaban J connectivity index is 2.03. The van der Waals surface area contributed by atoms with E-state index in [1.165, 1.54) is 4.88 Å². The normalized spacial score (nSPS) is 12.0. The molecule has 0 radical (unpaired) electrons. The van der Waals surface area contributed by atoms with Crippen LogP contribution >= 0.6 is 11.3 Å². The number of primary amides is 1. The fourth-order valence-electron chi connectivity index (χ4n) is 2.71. The first-order valence-corrected chi connectivity index (χ1v) is 9.34. The maximum Gasteiger partial charge on any atom is 0.318 e. The number of imide groups is 1. The molecule has 0 saturated carbocycles. The summed E-state index contributed by atoms with van der Waals surface area (Å²) in [4.78, 5) is 26.1. The van der Waals surface area contributed by atoms with Crippen molar-refractivity contribution in [2.75, 3.05) is 13.7 Å². The average molecular weight is 375 g/mol. The number of nitrogens with two attached hydrogens (primary N) is 1. The molecular weight excluding hydrogens is 350 g/mol. The second-order valence-corrected chi connectivity index (χ2v) is 7.15. The molecule has 7 heteroatoms. The van der Waals surface area contributed by atoms with Crippen LogP contribution < -0.4 is 15.8 Å². The van der Waals surface area contributed by atoms with Gasteiger partial charge in [0.25, 0.3) is 0 Å². The van der Waals surface area contributed by atoms with Crippen LogP contribution in [0.5, 0.6) is 5.75 Å². The quantitative estimate of drug-likeness (QED) is 0.706. The molecule has 3 N–H and O–H groups in total. The van der Waals surface area contributed by atoms with Crippen LogP contribution in [0.3, 0.4) is 0 Å². The molecule has 3 amide bonds. The molecule has 0 saturated heterocycles. The Morgan fingerprint density at radius 1 is 1.27 bits per heavy atom. The number of amides is 3. The smallest absolute Gasteiger partial charge is 0.318 e. The summed E-state index contributed by atoms with van der Waals surface area (Å²) in [5, 5.41) is 4.19. The number of hydrogen-bond donors (Lipinski definition) is 2. The minimum Gasteiger partial charge on any atom is -0.497 e. The number of nitrogens with one attached hydrogen (secondary N) is 1. The minimum atomic E-state index is -0.816. The highest BCUT2D eigenvalue weighted by Crippen LogP contribution is 2.18. The first kappa shape index (κ1) is 19.9. The summed E-state index contributed by atoms with van der Waals surface area (Å²) < 4.78 is 5.20. The number of benzene rings is 1. The number of hydrogen-bond acceptors (Lipinski definition) is 5. The van der Waals surface area contributed by atoms with Crippen LogP contribution in [0.15, 0.2) is 41.8 Å². The number of urea groups is 1. The van der Waals surface area contributed by atoms with E-state index in [0.29, 0.717) is 13.1 Å². The summed E-state index contributed by atoms with van der Waals surface area (Å²) in [6.45, 7) is 3.40. The summed E-state index contributed by atoms with van der Waals surface area (Å²) in [5.41, 5.74) is 6.14. The molecule has 2 rings (SSSR count). The number of carbonyl (C=O) groups is 2. The number of nitrogens with zero attached hydrogens (tertiary/aromatic N) is 1. The molecule has 1 aromatic heterocycles. The highest BCUT2D eigenvalue weighted by molar-refractivity contribution is 7.09. The van der Waals surface area contributed by atoms with Gasteiger partial charge in [-0.05, 0) is 42.5 Å². The molecular formula is C19H25N3O3S. The van der Waals surface area contributed by atoms with Crippen molar-refractivity contribution in [1.29, 1.82) is 0 Å². The van der Waals surface area contributed by atoms with E-state index in [0.717, 1.165) is 17.7 Å². The standard InChI is InChI=1S/C19H25N3O3S/c1-14(12-17-4-3-11-26-17)22(10-9-18(23)21-19(20)24)13-15-5-7-16(25-2)8-6-15/h3-8,11,14H,9-10,12-13H2,1-2H3,(H3,20,21,23,24). The third kappa shape index (κ3) is 6.50. The predicted molar refractivity (Wildman–Crippen MR) is 103 cm³/mol. The molecule has 0 aliphatic rings. The van der Waals surface area contributed by atoms with E-state index in [1.54, 1.807) is 18.4 Å². The van der Waals surface area contributed by atoms with Crippen molar-refractivity contribution in [1.82, 2.24) is 10.2 Å². The number of thiophene rings is 1. The molecule has 0 aliphatic carbocycles. The van der Waals surface area contributed by atoms with Crippen molar-refractivity contribution < 1.29 is 14.3 Å². The lowest BCUT2D eigenvalue weighted by Gasteiger charge is -2.29. The Hall–Kier alpha value is -2.38. The van der Waals surface area contributed by atoms with Crippen molar-refractivity contribution in [3.8, 4) is 5.75 Å². The average Bonchev–Trinajstić information content (AvgIpc) is 3.11. The Morgan fingerprint density at radius 2 is 2.00 bits per heavy atom. The highest BCUT2D eigenvalue weighted by atomic mass is 32.1. The molecule has 6 nitrogen and oxygen atoms in total. The number of ether oxygens (including phenoxy) is 1. The molecule has 26 heavy (non-hydrogen) atoms. The van der Waals surface area contributed by atoms with E-state index in [2.05, 4.69) is 28.6 Å². The van der Waals surface area contributed by atoms with Crippen LogP contribution in [0.2, 0.25) is 0 Å². The van der Waals surface area contributed by atoms with Gasteiger partial charge in [-0.15, -0.1) is 11.3 Å². The summed E-state index contributed by atoms with van der Waals surface area (Å²) in [6.07, 6.45) is 1.12. The van der Waals surface area contributed by atoms with Crippen LogP contribution in [0.1, 0.15) is 23.8 Å². The zero-order valence-electron chi connectivity index (χ0n) is 15.1. The van der Waals surface area contributed by atoms with Crippen LogP contribution in [-0.2, 0) is 17.8 Å². The van der Waals surface area contributed by atoms with Crippen molar-refractivity contribution in [2.45, 2.75) is 32.4 Å². The van der Waals surface area contributed by atoms with E-state index in [1.807, 2.05) is 30.3 Å². The Bertz CT molecular complexity index is 701. The molecule has 2 aromatic rings. The van der Waals surface area contributed by atoms with Crippen molar-refractivity contribution in [3.63, 3.8) is 0 Å². The maximum atomic E-state index is 11.8. The monoisotopic (exact) mass is 375 g/mol. The molecule has 0 aliphatic heterocycles. The third-order valence-electron chi connectivity index (χ3n) is 4.13. The van der Waals surface area contributed by atoms with Gasteiger partial charge in [-0.2, -0.15) is 0 Å². The molecule has 0 spiro atoms. The Kier molecular flexibility index (Phi) is 7.62. The molecule has 1 atom stereocenters. The van der Waals surface area contributed by atoms with Gasteiger partial charge in [0, 0.05) is 30.4 Å². The van der Waals surface area contributed by atoms with Gasteiger partial charge in [-0.1, -0.05) is 18.2 Å². The van der Waals surface area contributed by atoms with E-state index in [-0.39, 0.29) is 18.4 Å². The molecule has 0 bridgehead atoms. The lowest BCUT2D eigenvalue weighted by Crippen LogP contribution is -2.40. The highest BCUT2D eigenvalue weighted by Gasteiger charge is 2.17.